The second-order valence-electron chi connectivity index (χ2n) is 3.85. The van der Waals surface area contributed by atoms with Crippen LogP contribution in [0.15, 0.2) is 0 Å². The minimum Gasteiger partial charge on any atom is -0.312 e. The summed E-state index contributed by atoms with van der Waals surface area (Å²) in [5.41, 5.74) is 0. The van der Waals surface area contributed by atoms with E-state index in [9.17, 15) is 0 Å². The van der Waals surface area contributed by atoms with Gasteiger partial charge in [0.1, 0.15) is 0 Å². The Morgan fingerprint density at radius 3 is 2.00 bits per heavy atom. The van der Waals surface area contributed by atoms with E-state index < -0.39 is 0 Å². The zero-order chi connectivity index (χ0) is 8.27. The molecule has 1 aliphatic heterocycles. The van der Waals surface area contributed by atoms with E-state index in [0.29, 0.717) is 12.1 Å². The van der Waals surface area contributed by atoms with Crippen molar-refractivity contribution in [1.82, 2.24) is 10.2 Å². The highest BCUT2D eigenvalue weighted by Crippen LogP contribution is 2.03. The first-order valence-corrected chi connectivity index (χ1v) is 4.63. The molecule has 0 bridgehead atoms. The number of rotatable bonds is 0. The van der Waals surface area contributed by atoms with Crippen molar-refractivity contribution in [2.75, 3.05) is 20.1 Å². The topological polar surface area (TPSA) is 15.3 Å². The van der Waals surface area contributed by atoms with Crippen LogP contribution in [0.3, 0.4) is 0 Å². The van der Waals surface area contributed by atoms with Gasteiger partial charge in [-0.25, -0.2) is 0 Å². The van der Waals surface area contributed by atoms with Crippen LogP contribution in [-0.2, 0) is 0 Å². The lowest BCUT2D eigenvalue weighted by atomic mass is 10.1. The molecule has 0 aromatic heterocycles. The van der Waals surface area contributed by atoms with Crippen LogP contribution in [0.25, 0.3) is 0 Å². The summed E-state index contributed by atoms with van der Waals surface area (Å²) in [5, 5.41) is 3.58. The maximum Gasteiger partial charge on any atom is 0.00533 e. The molecule has 1 aliphatic rings. The Hall–Kier alpha value is -0.0800. The van der Waals surface area contributed by atoms with Gasteiger partial charge in [0.05, 0.1) is 0 Å². The van der Waals surface area contributed by atoms with E-state index in [4.69, 9.17) is 0 Å². The quantitative estimate of drug-likeness (QED) is 0.564. The molecular weight excluding hydrogens is 136 g/mol. The van der Waals surface area contributed by atoms with Gasteiger partial charge in [-0.1, -0.05) is 0 Å². The zero-order valence-electron chi connectivity index (χ0n) is 7.93. The highest BCUT2D eigenvalue weighted by molar-refractivity contribution is 4.73. The fourth-order valence-electron chi connectivity index (χ4n) is 1.59. The smallest absolute Gasteiger partial charge is 0.00533 e. The van der Waals surface area contributed by atoms with Crippen LogP contribution >= 0.6 is 0 Å². The third kappa shape index (κ3) is 3.21. The molecular formula is C9H20N2. The van der Waals surface area contributed by atoms with E-state index in [1.165, 1.54) is 25.9 Å². The third-order valence-electron chi connectivity index (χ3n) is 2.46. The predicted octanol–water partition coefficient (Wildman–Crippen LogP) is 1.08. The largest absolute Gasteiger partial charge is 0.312 e. The summed E-state index contributed by atoms with van der Waals surface area (Å²) < 4.78 is 0. The normalized spacial score (nSPS) is 36.3. The van der Waals surface area contributed by atoms with E-state index in [-0.39, 0.29) is 0 Å². The Bertz CT molecular complexity index is 102. The highest BCUT2D eigenvalue weighted by atomic mass is 15.1. The Kier molecular flexibility index (Phi) is 3.34. The average molecular weight is 156 g/mol. The van der Waals surface area contributed by atoms with Crippen molar-refractivity contribution in [2.45, 2.75) is 38.8 Å². The van der Waals surface area contributed by atoms with Crippen LogP contribution < -0.4 is 5.32 Å². The van der Waals surface area contributed by atoms with Gasteiger partial charge in [-0.2, -0.15) is 0 Å². The lowest BCUT2D eigenvalue weighted by Crippen LogP contribution is -2.41. The van der Waals surface area contributed by atoms with E-state index in [2.05, 4.69) is 31.1 Å². The number of hydrogen-bond donors (Lipinski definition) is 1. The molecule has 0 saturated carbocycles. The molecule has 2 atom stereocenters. The van der Waals surface area contributed by atoms with Crippen LogP contribution in [0.2, 0.25) is 0 Å². The van der Waals surface area contributed by atoms with Crippen molar-refractivity contribution in [1.29, 1.82) is 0 Å². The molecule has 1 heterocycles. The first-order chi connectivity index (χ1) is 5.18. The van der Waals surface area contributed by atoms with Gasteiger partial charge in [-0.15, -0.1) is 0 Å². The molecule has 2 unspecified atom stereocenters. The van der Waals surface area contributed by atoms with Gasteiger partial charge in [0, 0.05) is 12.1 Å². The molecule has 0 aliphatic carbocycles. The van der Waals surface area contributed by atoms with E-state index in [1.807, 2.05) is 0 Å². The van der Waals surface area contributed by atoms with E-state index in [1.54, 1.807) is 0 Å². The lowest BCUT2D eigenvalue weighted by molar-refractivity contribution is 0.256. The van der Waals surface area contributed by atoms with Gasteiger partial charge in [0.15, 0.2) is 0 Å². The number of hydrogen-bond acceptors (Lipinski definition) is 2. The van der Waals surface area contributed by atoms with Gasteiger partial charge in [-0.3, -0.25) is 0 Å². The van der Waals surface area contributed by atoms with Crippen LogP contribution in [0.4, 0.5) is 0 Å². The van der Waals surface area contributed by atoms with Gasteiger partial charge in [-0.05, 0) is 46.8 Å². The summed E-state index contributed by atoms with van der Waals surface area (Å²) in [7, 11) is 2.21. The molecule has 66 valence electrons. The molecule has 0 aromatic carbocycles. The summed E-state index contributed by atoms with van der Waals surface area (Å²) in [6, 6.07) is 1.38. The second-order valence-corrected chi connectivity index (χ2v) is 3.85. The Morgan fingerprint density at radius 2 is 1.55 bits per heavy atom. The molecule has 0 aromatic rings. The van der Waals surface area contributed by atoms with Crippen molar-refractivity contribution in [3.8, 4) is 0 Å². The van der Waals surface area contributed by atoms with Crippen molar-refractivity contribution in [3.05, 3.63) is 0 Å². The van der Waals surface area contributed by atoms with E-state index >= 15 is 0 Å². The van der Waals surface area contributed by atoms with Crippen molar-refractivity contribution < 1.29 is 0 Å². The molecule has 0 amide bonds. The molecule has 0 radical (unpaired) electrons. The first-order valence-electron chi connectivity index (χ1n) is 4.63. The summed E-state index contributed by atoms with van der Waals surface area (Å²) in [6.07, 6.45) is 2.56. The molecule has 1 N–H and O–H groups in total. The van der Waals surface area contributed by atoms with Gasteiger partial charge in [0.2, 0.25) is 0 Å². The fraction of sp³-hybridized carbons (Fsp3) is 1.00. The first kappa shape index (κ1) is 9.01. The van der Waals surface area contributed by atoms with Crippen LogP contribution in [-0.4, -0.2) is 37.1 Å². The van der Waals surface area contributed by atoms with Crippen LogP contribution in [0.5, 0.6) is 0 Å². The van der Waals surface area contributed by atoms with Gasteiger partial charge >= 0.3 is 0 Å². The van der Waals surface area contributed by atoms with Gasteiger partial charge < -0.3 is 10.2 Å². The van der Waals surface area contributed by atoms with Crippen molar-refractivity contribution in [2.24, 2.45) is 0 Å². The van der Waals surface area contributed by atoms with Crippen LogP contribution in [0.1, 0.15) is 26.7 Å². The van der Waals surface area contributed by atoms with Gasteiger partial charge in [0.25, 0.3) is 0 Å². The maximum absolute atomic E-state index is 3.58. The van der Waals surface area contributed by atoms with Crippen molar-refractivity contribution >= 4 is 0 Å². The minimum atomic E-state index is 0.688. The molecule has 1 saturated heterocycles. The molecule has 1 rings (SSSR count). The molecule has 1 fully saturated rings. The standard InChI is InChI=1S/C9H20N2/c1-8-4-6-11(3)7-5-9(2)10-8/h8-10H,4-7H2,1-3H3. The predicted molar refractivity (Wildman–Crippen MR) is 48.8 cm³/mol. The Balaban J connectivity index is 2.34. The zero-order valence-corrected chi connectivity index (χ0v) is 7.93. The van der Waals surface area contributed by atoms with Crippen molar-refractivity contribution in [3.63, 3.8) is 0 Å². The summed E-state index contributed by atoms with van der Waals surface area (Å²) >= 11 is 0. The fourth-order valence-corrected chi connectivity index (χ4v) is 1.59. The highest BCUT2D eigenvalue weighted by Gasteiger charge is 2.12. The number of nitrogens with one attached hydrogen (secondary N) is 1. The molecule has 2 heteroatoms. The minimum absolute atomic E-state index is 0.688. The van der Waals surface area contributed by atoms with E-state index in [0.717, 1.165) is 0 Å². The number of nitrogens with zero attached hydrogens (tertiary/aromatic N) is 1. The summed E-state index contributed by atoms with van der Waals surface area (Å²) in [5.74, 6) is 0. The van der Waals surface area contributed by atoms with Crippen LogP contribution in [0, 0.1) is 0 Å². The molecule has 0 spiro atoms. The second kappa shape index (κ2) is 4.07. The Morgan fingerprint density at radius 1 is 1.09 bits per heavy atom. The lowest BCUT2D eigenvalue weighted by Gasteiger charge is -2.28. The molecule has 2 nitrogen and oxygen atoms in total. The Labute approximate surface area is 70.0 Å². The maximum atomic E-state index is 3.58. The average Bonchev–Trinajstić information content (AvgIpc) is 1.95. The summed E-state index contributed by atoms with van der Waals surface area (Å²) in [4.78, 5) is 2.42. The molecule has 11 heavy (non-hydrogen) atoms. The monoisotopic (exact) mass is 156 g/mol. The third-order valence-corrected chi connectivity index (χ3v) is 2.46. The summed E-state index contributed by atoms with van der Waals surface area (Å²) in [6.45, 7) is 7.02. The SMILES string of the molecule is CC1CCN(C)CCC(C)N1.